The van der Waals surface area contributed by atoms with Gasteiger partial charge in [-0.15, -0.1) is 0 Å². The molecule has 1 aromatic heterocycles. The van der Waals surface area contributed by atoms with Crippen LogP contribution in [0.25, 0.3) is 0 Å². The van der Waals surface area contributed by atoms with Crippen molar-refractivity contribution in [2.24, 2.45) is 5.73 Å². The molecule has 0 aliphatic heterocycles. The Morgan fingerprint density at radius 3 is 2.50 bits per heavy atom. The summed E-state index contributed by atoms with van der Waals surface area (Å²) in [7, 11) is 0. The van der Waals surface area contributed by atoms with Crippen LogP contribution >= 0.6 is 0 Å². The molecule has 0 amide bonds. The van der Waals surface area contributed by atoms with Crippen molar-refractivity contribution in [1.82, 2.24) is 4.98 Å². The van der Waals surface area contributed by atoms with Gasteiger partial charge in [-0.25, -0.2) is 0 Å². The first-order chi connectivity index (χ1) is 5.81. The van der Waals surface area contributed by atoms with E-state index in [0.29, 0.717) is 6.54 Å². The summed E-state index contributed by atoms with van der Waals surface area (Å²) < 4.78 is 0. The molecule has 0 saturated carbocycles. The Morgan fingerprint density at radius 1 is 1.25 bits per heavy atom. The van der Waals surface area contributed by atoms with Gasteiger partial charge >= 0.3 is 0 Å². The highest BCUT2D eigenvalue weighted by Crippen LogP contribution is 2.08. The van der Waals surface area contributed by atoms with Gasteiger partial charge in [-0.2, -0.15) is 0 Å². The highest BCUT2D eigenvalue weighted by molar-refractivity contribution is 5.22. The van der Waals surface area contributed by atoms with Crippen LogP contribution < -0.4 is 5.73 Å². The predicted molar refractivity (Wildman–Crippen MR) is 50.9 cm³/mol. The summed E-state index contributed by atoms with van der Waals surface area (Å²) in [5, 5.41) is 0. The average Bonchev–Trinajstić information content (AvgIpc) is 2.16. The number of nitrogens with two attached hydrogens (primary N) is 1. The van der Waals surface area contributed by atoms with Gasteiger partial charge in [0.15, 0.2) is 0 Å². The van der Waals surface area contributed by atoms with Gasteiger partial charge < -0.3 is 5.73 Å². The molecule has 12 heavy (non-hydrogen) atoms. The van der Waals surface area contributed by atoms with Gasteiger partial charge in [-0.05, 0) is 24.5 Å². The van der Waals surface area contributed by atoms with Crippen molar-refractivity contribution in [1.29, 1.82) is 0 Å². The van der Waals surface area contributed by atoms with Gasteiger partial charge in [0.1, 0.15) is 0 Å². The molecular weight excluding hydrogens is 148 g/mol. The lowest BCUT2D eigenvalue weighted by atomic mass is 10.1. The Morgan fingerprint density at radius 2 is 2.00 bits per heavy atom. The van der Waals surface area contributed by atoms with Gasteiger partial charge in [0.2, 0.25) is 0 Å². The molecule has 0 aliphatic carbocycles. The quantitative estimate of drug-likeness (QED) is 0.738. The molecule has 0 atom stereocenters. The van der Waals surface area contributed by atoms with Gasteiger partial charge in [0, 0.05) is 12.2 Å². The lowest BCUT2D eigenvalue weighted by Gasteiger charge is -2.05. The van der Waals surface area contributed by atoms with E-state index in [1.54, 1.807) is 0 Å². The molecule has 0 radical (unpaired) electrons. The maximum atomic E-state index is 5.59. The van der Waals surface area contributed by atoms with Gasteiger partial charge in [0.05, 0.1) is 5.69 Å². The van der Waals surface area contributed by atoms with Crippen LogP contribution in [-0.2, 0) is 19.4 Å². The number of aryl methyl sites for hydroxylation is 2. The monoisotopic (exact) mass is 164 g/mol. The third-order valence-corrected chi connectivity index (χ3v) is 2.06. The molecule has 0 aliphatic rings. The first-order valence-corrected chi connectivity index (χ1v) is 4.49. The molecule has 66 valence electrons. The first kappa shape index (κ1) is 9.20. The largest absolute Gasteiger partial charge is 0.325 e. The fourth-order valence-corrected chi connectivity index (χ4v) is 1.27. The smallest absolute Gasteiger partial charge is 0.0574 e. The van der Waals surface area contributed by atoms with Crippen molar-refractivity contribution in [3.05, 3.63) is 29.1 Å². The number of aromatic nitrogens is 1. The lowest BCUT2D eigenvalue weighted by Crippen LogP contribution is -2.05. The van der Waals surface area contributed by atoms with Crippen LogP contribution in [0.15, 0.2) is 12.1 Å². The van der Waals surface area contributed by atoms with E-state index in [-0.39, 0.29) is 0 Å². The molecule has 1 aromatic rings. The summed E-state index contributed by atoms with van der Waals surface area (Å²) in [5.41, 5.74) is 9.04. The summed E-state index contributed by atoms with van der Waals surface area (Å²) in [6, 6.07) is 4.21. The number of hydrogen-bond donors (Lipinski definition) is 1. The van der Waals surface area contributed by atoms with Crippen LogP contribution in [0.2, 0.25) is 0 Å². The van der Waals surface area contributed by atoms with Crippen LogP contribution in [-0.4, -0.2) is 4.98 Å². The lowest BCUT2D eigenvalue weighted by molar-refractivity contribution is 0.894. The molecule has 0 spiro atoms. The highest BCUT2D eigenvalue weighted by atomic mass is 14.7. The van der Waals surface area contributed by atoms with E-state index < -0.39 is 0 Å². The third kappa shape index (κ3) is 1.83. The molecule has 0 fully saturated rings. The molecule has 0 unspecified atom stereocenters. The van der Waals surface area contributed by atoms with Crippen molar-refractivity contribution in [3.8, 4) is 0 Å². The number of rotatable bonds is 3. The van der Waals surface area contributed by atoms with Crippen molar-refractivity contribution in [2.45, 2.75) is 33.2 Å². The molecule has 1 rings (SSSR count). The Hall–Kier alpha value is -0.890. The van der Waals surface area contributed by atoms with Crippen LogP contribution in [0.1, 0.15) is 30.8 Å². The topological polar surface area (TPSA) is 38.9 Å². The minimum Gasteiger partial charge on any atom is -0.325 e. The third-order valence-electron chi connectivity index (χ3n) is 2.06. The summed E-state index contributed by atoms with van der Waals surface area (Å²) in [4.78, 5) is 4.46. The van der Waals surface area contributed by atoms with E-state index in [1.807, 2.05) is 0 Å². The summed E-state index contributed by atoms with van der Waals surface area (Å²) in [6.07, 6.45) is 2.00. The SMILES string of the molecule is CCc1ccc(CC)c(CN)n1. The van der Waals surface area contributed by atoms with E-state index in [4.69, 9.17) is 5.73 Å². The predicted octanol–water partition coefficient (Wildman–Crippen LogP) is 1.67. The fraction of sp³-hybridized carbons (Fsp3) is 0.500. The molecule has 2 heteroatoms. The zero-order valence-corrected chi connectivity index (χ0v) is 7.80. The molecule has 1 heterocycles. The summed E-state index contributed by atoms with van der Waals surface area (Å²) in [5.74, 6) is 0. The van der Waals surface area contributed by atoms with Gasteiger partial charge in [-0.1, -0.05) is 19.9 Å². The van der Waals surface area contributed by atoms with Crippen LogP contribution in [0.4, 0.5) is 0 Å². The van der Waals surface area contributed by atoms with E-state index in [2.05, 4.69) is 31.0 Å². The number of pyridine rings is 1. The van der Waals surface area contributed by atoms with E-state index in [0.717, 1.165) is 24.2 Å². The molecular formula is C10H16N2. The van der Waals surface area contributed by atoms with Gasteiger partial charge in [-0.3, -0.25) is 4.98 Å². The highest BCUT2D eigenvalue weighted by Gasteiger charge is 2.00. The minimum atomic E-state index is 0.553. The molecule has 2 N–H and O–H groups in total. The Bertz CT molecular complexity index is 256. The van der Waals surface area contributed by atoms with Crippen molar-refractivity contribution in [2.75, 3.05) is 0 Å². The maximum Gasteiger partial charge on any atom is 0.0574 e. The van der Waals surface area contributed by atoms with Gasteiger partial charge in [0.25, 0.3) is 0 Å². The van der Waals surface area contributed by atoms with E-state index >= 15 is 0 Å². The molecule has 0 saturated heterocycles. The number of nitrogens with zero attached hydrogens (tertiary/aromatic N) is 1. The summed E-state index contributed by atoms with van der Waals surface area (Å²) in [6.45, 7) is 4.78. The molecule has 0 aromatic carbocycles. The zero-order valence-electron chi connectivity index (χ0n) is 7.80. The Labute approximate surface area is 73.8 Å². The average molecular weight is 164 g/mol. The van der Waals surface area contributed by atoms with Crippen molar-refractivity contribution >= 4 is 0 Å². The van der Waals surface area contributed by atoms with Crippen LogP contribution in [0, 0.1) is 0 Å². The number of hydrogen-bond acceptors (Lipinski definition) is 2. The van der Waals surface area contributed by atoms with E-state index in [1.165, 1.54) is 5.56 Å². The van der Waals surface area contributed by atoms with Crippen molar-refractivity contribution < 1.29 is 0 Å². The second-order valence-corrected chi connectivity index (χ2v) is 2.82. The Balaban J connectivity index is 3.02. The van der Waals surface area contributed by atoms with Crippen LogP contribution in [0.3, 0.4) is 0 Å². The fourth-order valence-electron chi connectivity index (χ4n) is 1.27. The van der Waals surface area contributed by atoms with E-state index in [9.17, 15) is 0 Å². The molecule has 2 nitrogen and oxygen atoms in total. The minimum absolute atomic E-state index is 0.553. The van der Waals surface area contributed by atoms with Crippen molar-refractivity contribution in [3.63, 3.8) is 0 Å². The second-order valence-electron chi connectivity index (χ2n) is 2.82. The maximum absolute atomic E-state index is 5.59. The summed E-state index contributed by atoms with van der Waals surface area (Å²) >= 11 is 0. The standard InChI is InChI=1S/C10H16N2/c1-3-8-5-6-9(4-2)12-10(8)7-11/h5-6H,3-4,7,11H2,1-2H3. The Kier molecular flexibility index (Phi) is 3.23. The second kappa shape index (κ2) is 4.21. The molecule has 0 bridgehead atoms. The first-order valence-electron chi connectivity index (χ1n) is 4.49. The van der Waals surface area contributed by atoms with Crippen LogP contribution in [0.5, 0.6) is 0 Å². The zero-order chi connectivity index (χ0) is 8.97. The normalized spacial score (nSPS) is 10.2.